The molecule has 0 saturated heterocycles. The minimum absolute atomic E-state index is 0.0348. The van der Waals surface area contributed by atoms with Crippen molar-refractivity contribution >= 4 is 17.9 Å². The van der Waals surface area contributed by atoms with Crippen LogP contribution in [0, 0.1) is 20.8 Å². The molecule has 0 aromatic heterocycles. The Labute approximate surface area is 235 Å². The Bertz CT molecular complexity index is 1440. The van der Waals surface area contributed by atoms with Gasteiger partial charge in [-0.15, -0.1) is 0 Å². The van der Waals surface area contributed by atoms with E-state index in [2.05, 4.69) is 53.7 Å². The van der Waals surface area contributed by atoms with Gasteiger partial charge in [-0.2, -0.15) is 0 Å². The van der Waals surface area contributed by atoms with Crippen molar-refractivity contribution in [1.82, 2.24) is 0 Å². The zero-order valence-corrected chi connectivity index (χ0v) is 25.8. The van der Waals surface area contributed by atoms with Gasteiger partial charge in [0.25, 0.3) is 0 Å². The summed E-state index contributed by atoms with van der Waals surface area (Å²) < 4.78 is 14.2. The average molecular weight is 543 g/mol. The van der Waals surface area contributed by atoms with Crippen LogP contribution in [0.15, 0.2) is 91.0 Å². The van der Waals surface area contributed by atoms with Gasteiger partial charge in [-0.05, 0) is 0 Å². The van der Waals surface area contributed by atoms with Crippen LogP contribution in [0.25, 0.3) is 0 Å². The molecule has 39 heavy (non-hydrogen) atoms. The van der Waals surface area contributed by atoms with E-state index in [0.29, 0.717) is 22.1 Å². The molecular weight excluding hydrogens is 499 g/mol. The molecule has 0 aliphatic carbocycles. The van der Waals surface area contributed by atoms with E-state index in [1.165, 1.54) is 5.56 Å². The van der Waals surface area contributed by atoms with Crippen LogP contribution in [0.2, 0.25) is 0 Å². The van der Waals surface area contributed by atoms with Crippen LogP contribution in [-0.2, 0) is 10.8 Å². The molecule has 0 amide bonds. The van der Waals surface area contributed by atoms with Crippen molar-refractivity contribution in [3.63, 3.8) is 0 Å². The molecule has 0 aliphatic rings. The topological polar surface area (TPSA) is 38.7 Å². The summed E-state index contributed by atoms with van der Waals surface area (Å²) in [6, 6.07) is 29.9. The Morgan fingerprint density at radius 2 is 1.00 bits per heavy atom. The standard InChI is InChI=1S/C35H43O3P/c1-25-16-10-13-19-30(25)37-39(36,32-20-14-11-17-26(32)2,33-21-15-12-18-27(33)3)38-31-23-22-28(34(4,5)6)24-29(31)35(7,8)9/h10-24,36H,1-9H3. The third-order valence-corrected chi connectivity index (χ3v) is 11.1. The van der Waals surface area contributed by atoms with Crippen LogP contribution in [0.4, 0.5) is 0 Å². The molecule has 4 heteroatoms. The summed E-state index contributed by atoms with van der Waals surface area (Å²) in [7, 11) is -4.85. The normalized spacial score (nSPS) is 13.4. The molecule has 0 heterocycles. The number of para-hydroxylation sites is 1. The average Bonchev–Trinajstić information content (AvgIpc) is 2.85. The molecule has 4 aromatic carbocycles. The summed E-state index contributed by atoms with van der Waals surface area (Å²) in [6.07, 6.45) is 0. The third-order valence-electron chi connectivity index (χ3n) is 7.36. The van der Waals surface area contributed by atoms with Gasteiger partial charge in [0.15, 0.2) is 0 Å². The van der Waals surface area contributed by atoms with Crippen molar-refractivity contribution in [3.8, 4) is 11.5 Å². The van der Waals surface area contributed by atoms with Crippen molar-refractivity contribution in [2.75, 3.05) is 0 Å². The van der Waals surface area contributed by atoms with Gasteiger partial charge in [0.1, 0.15) is 0 Å². The summed E-state index contributed by atoms with van der Waals surface area (Å²) in [5.74, 6) is 1.21. The van der Waals surface area contributed by atoms with Gasteiger partial charge < -0.3 is 0 Å². The molecule has 0 bridgehead atoms. The second kappa shape index (κ2) is 10.1. The fourth-order valence-electron chi connectivity index (χ4n) is 5.04. The van der Waals surface area contributed by atoms with E-state index in [4.69, 9.17) is 9.05 Å². The maximum atomic E-state index is 13.6. The molecule has 0 fully saturated rings. The zero-order chi connectivity index (χ0) is 28.7. The molecule has 0 unspecified atom stereocenters. The van der Waals surface area contributed by atoms with Crippen LogP contribution in [0.1, 0.15) is 69.4 Å². The first-order valence-electron chi connectivity index (χ1n) is 13.6. The van der Waals surface area contributed by atoms with Gasteiger partial charge in [0.05, 0.1) is 0 Å². The van der Waals surface area contributed by atoms with Crippen molar-refractivity contribution < 1.29 is 13.9 Å². The molecule has 3 nitrogen and oxygen atoms in total. The van der Waals surface area contributed by atoms with Gasteiger partial charge in [0.2, 0.25) is 0 Å². The van der Waals surface area contributed by atoms with E-state index in [-0.39, 0.29) is 10.8 Å². The van der Waals surface area contributed by atoms with E-state index in [1.807, 2.05) is 99.6 Å². The van der Waals surface area contributed by atoms with Crippen LogP contribution < -0.4 is 19.7 Å². The third kappa shape index (κ3) is 5.49. The Kier molecular flexibility index (Phi) is 7.49. The number of rotatable bonds is 6. The quantitative estimate of drug-likeness (QED) is 0.248. The summed E-state index contributed by atoms with van der Waals surface area (Å²) >= 11 is 0. The number of benzene rings is 4. The van der Waals surface area contributed by atoms with Crippen molar-refractivity contribution in [3.05, 3.63) is 119 Å². The predicted octanol–water partition coefficient (Wildman–Crippen LogP) is 8.61. The van der Waals surface area contributed by atoms with Crippen LogP contribution in [0.5, 0.6) is 11.5 Å². The zero-order valence-electron chi connectivity index (χ0n) is 24.9. The van der Waals surface area contributed by atoms with E-state index >= 15 is 0 Å². The van der Waals surface area contributed by atoms with E-state index in [1.54, 1.807) is 0 Å². The molecule has 1 N–H and O–H groups in total. The van der Waals surface area contributed by atoms with Crippen LogP contribution >= 0.6 is 7.28 Å². The molecule has 206 valence electrons. The van der Waals surface area contributed by atoms with Crippen molar-refractivity contribution in [1.29, 1.82) is 0 Å². The Morgan fingerprint density at radius 1 is 0.538 bits per heavy atom. The second-order valence-electron chi connectivity index (χ2n) is 12.6. The van der Waals surface area contributed by atoms with Crippen molar-refractivity contribution in [2.45, 2.75) is 73.1 Å². The van der Waals surface area contributed by atoms with Crippen molar-refractivity contribution in [2.24, 2.45) is 0 Å². The van der Waals surface area contributed by atoms with Gasteiger partial charge in [0, 0.05) is 0 Å². The predicted molar refractivity (Wildman–Crippen MR) is 167 cm³/mol. The second-order valence-corrected chi connectivity index (χ2v) is 15.8. The fraction of sp³-hybridized carbons (Fsp3) is 0.314. The van der Waals surface area contributed by atoms with E-state index < -0.39 is 7.28 Å². The summed E-state index contributed by atoms with van der Waals surface area (Å²) in [5.41, 5.74) is 4.68. The van der Waals surface area contributed by atoms with Gasteiger partial charge in [-0.3, -0.25) is 0 Å². The van der Waals surface area contributed by atoms with Gasteiger partial charge in [-0.25, -0.2) is 0 Å². The Balaban J connectivity index is 2.13. The summed E-state index contributed by atoms with van der Waals surface area (Å²) in [5, 5.41) is 1.31. The van der Waals surface area contributed by atoms with Crippen LogP contribution in [-0.4, -0.2) is 4.89 Å². The number of aryl methyl sites for hydroxylation is 3. The summed E-state index contributed by atoms with van der Waals surface area (Å²) in [4.78, 5) is 13.6. The molecule has 4 rings (SSSR count). The first-order chi connectivity index (χ1) is 18.1. The van der Waals surface area contributed by atoms with E-state index in [9.17, 15) is 4.89 Å². The fourth-order valence-corrected chi connectivity index (χ4v) is 8.92. The molecule has 0 aliphatic heterocycles. The number of hydrogen-bond acceptors (Lipinski definition) is 3. The van der Waals surface area contributed by atoms with E-state index in [0.717, 1.165) is 22.3 Å². The maximum absolute atomic E-state index is 13.6. The Hall–Kier alpha value is -3.13. The first-order valence-corrected chi connectivity index (χ1v) is 15.7. The van der Waals surface area contributed by atoms with Crippen LogP contribution in [0.3, 0.4) is 0 Å². The SMILES string of the molecule is Cc1ccccc1OP(O)(Oc1ccc(C(C)(C)C)cc1C(C)(C)C)(c1ccccc1C)c1ccccc1C. The molecule has 0 radical (unpaired) electrons. The summed E-state index contributed by atoms with van der Waals surface area (Å²) in [6.45, 7) is 19.2. The molecule has 4 aromatic rings. The first kappa shape index (κ1) is 28.9. The van der Waals surface area contributed by atoms with Gasteiger partial charge >= 0.3 is 235 Å². The molecule has 0 atom stereocenters. The number of hydrogen-bond donors (Lipinski definition) is 1. The minimum atomic E-state index is -4.85. The Morgan fingerprint density at radius 3 is 1.46 bits per heavy atom. The van der Waals surface area contributed by atoms with Gasteiger partial charge in [-0.1, -0.05) is 0 Å². The molecule has 0 spiro atoms. The molecular formula is C35H43O3P. The molecule has 0 saturated carbocycles. The monoisotopic (exact) mass is 542 g/mol.